The maximum absolute atomic E-state index is 12.5. The van der Waals surface area contributed by atoms with Gasteiger partial charge >= 0.3 is 0 Å². The molecule has 9 heteroatoms. The third kappa shape index (κ3) is 5.71. The molecule has 6 nitrogen and oxygen atoms in total. The highest BCUT2D eigenvalue weighted by molar-refractivity contribution is 7.99. The molecule has 0 atom stereocenters. The minimum atomic E-state index is -2.70. The molecule has 0 unspecified atom stereocenters. The Morgan fingerprint density at radius 1 is 1.20 bits per heavy atom. The smallest absolute Gasteiger partial charge is 0.290 e. The van der Waals surface area contributed by atoms with Crippen molar-refractivity contribution in [2.75, 3.05) is 7.11 Å². The molecule has 0 spiro atoms. The average Bonchev–Trinajstić information content (AvgIpc) is 2.60. The van der Waals surface area contributed by atoms with E-state index in [9.17, 15) is 18.4 Å². The Hall–Kier alpha value is -2.68. The van der Waals surface area contributed by atoms with E-state index in [-0.39, 0.29) is 28.8 Å². The molecule has 0 saturated heterocycles. The number of ether oxygens (including phenoxy) is 1. The molecule has 132 valence electrons. The van der Waals surface area contributed by atoms with E-state index in [0.29, 0.717) is 5.75 Å². The lowest BCUT2D eigenvalue weighted by Crippen LogP contribution is -2.42. The molecule has 25 heavy (non-hydrogen) atoms. The number of nitrogens with zero attached hydrogens (tertiary/aromatic N) is 1. The van der Waals surface area contributed by atoms with Crippen LogP contribution in [0.2, 0.25) is 0 Å². The zero-order valence-electron chi connectivity index (χ0n) is 13.2. The van der Waals surface area contributed by atoms with Gasteiger partial charge in [0.15, 0.2) is 0 Å². The van der Waals surface area contributed by atoms with E-state index in [0.717, 1.165) is 5.56 Å². The van der Waals surface area contributed by atoms with Gasteiger partial charge in [0.2, 0.25) is 5.91 Å². The van der Waals surface area contributed by atoms with E-state index in [1.165, 1.54) is 25.4 Å². The molecule has 0 fully saturated rings. The van der Waals surface area contributed by atoms with Crippen LogP contribution in [0.4, 0.5) is 8.78 Å². The van der Waals surface area contributed by atoms with E-state index < -0.39 is 17.6 Å². The second-order valence-corrected chi connectivity index (χ2v) is 5.74. The fourth-order valence-corrected chi connectivity index (χ4v) is 2.49. The number of thioether (sulfide) groups is 1. The second kappa shape index (κ2) is 8.97. The predicted octanol–water partition coefficient (Wildman–Crippen LogP) is 2.41. The number of rotatable bonds is 6. The molecular formula is C16H15F2N3O3S. The predicted molar refractivity (Wildman–Crippen MR) is 88.4 cm³/mol. The van der Waals surface area contributed by atoms with Crippen LogP contribution < -0.4 is 15.6 Å². The molecule has 2 N–H and O–H groups in total. The van der Waals surface area contributed by atoms with Crippen LogP contribution in [0.1, 0.15) is 15.9 Å². The number of carbonyl (C=O) groups is 2. The number of hydrazine groups is 1. The second-order valence-electron chi connectivity index (χ2n) is 4.76. The molecule has 2 rings (SSSR count). The maximum Gasteiger partial charge on any atom is 0.290 e. The zero-order chi connectivity index (χ0) is 18.2. The van der Waals surface area contributed by atoms with Gasteiger partial charge in [-0.2, -0.15) is 8.78 Å². The molecule has 1 aromatic carbocycles. The summed E-state index contributed by atoms with van der Waals surface area (Å²) >= 11 is 0.164. The standard InChI is InChI=1S/C16H15F2N3O3S/c1-24-11-6-4-10(5-7-11)9-13(22)20-21-14(23)12-3-2-8-19-15(12)25-16(17)18/h2-8,16H,9H2,1H3,(H,20,22)(H,21,23). The number of hydrogen-bond donors (Lipinski definition) is 2. The summed E-state index contributed by atoms with van der Waals surface area (Å²) in [5.74, 6) is -3.21. The number of hydrogen-bond acceptors (Lipinski definition) is 5. The van der Waals surface area contributed by atoms with Gasteiger partial charge in [-0.15, -0.1) is 0 Å². The minimum Gasteiger partial charge on any atom is -0.497 e. The van der Waals surface area contributed by atoms with Gasteiger partial charge in [-0.3, -0.25) is 20.4 Å². The van der Waals surface area contributed by atoms with Crippen molar-refractivity contribution in [3.8, 4) is 5.75 Å². The quantitative estimate of drug-likeness (QED) is 0.605. The first-order valence-electron chi connectivity index (χ1n) is 7.11. The van der Waals surface area contributed by atoms with Crippen LogP contribution in [0.25, 0.3) is 0 Å². The van der Waals surface area contributed by atoms with Crippen molar-refractivity contribution in [3.05, 3.63) is 53.7 Å². The Morgan fingerprint density at radius 3 is 2.56 bits per heavy atom. The molecule has 0 saturated carbocycles. The Labute approximate surface area is 146 Å². The summed E-state index contributed by atoms with van der Waals surface area (Å²) in [7, 11) is 1.54. The molecule has 2 aromatic rings. The van der Waals surface area contributed by atoms with Crippen LogP contribution in [-0.2, 0) is 11.2 Å². The van der Waals surface area contributed by atoms with Gasteiger partial charge in [-0.25, -0.2) is 4.98 Å². The molecule has 0 aliphatic carbocycles. The summed E-state index contributed by atoms with van der Waals surface area (Å²) in [6.45, 7) is 0. The van der Waals surface area contributed by atoms with E-state index >= 15 is 0 Å². The number of carbonyl (C=O) groups excluding carboxylic acids is 2. The first kappa shape index (κ1) is 18.7. The fraction of sp³-hybridized carbons (Fsp3) is 0.188. The number of pyridine rings is 1. The van der Waals surface area contributed by atoms with Crippen molar-refractivity contribution in [2.24, 2.45) is 0 Å². The Morgan fingerprint density at radius 2 is 1.92 bits per heavy atom. The summed E-state index contributed by atoms with van der Waals surface area (Å²) in [5, 5.41) is -0.112. The third-order valence-corrected chi connectivity index (χ3v) is 3.78. The fourth-order valence-electron chi connectivity index (χ4n) is 1.91. The highest BCUT2D eigenvalue weighted by Crippen LogP contribution is 2.26. The lowest BCUT2D eigenvalue weighted by Gasteiger charge is -2.10. The van der Waals surface area contributed by atoms with E-state index in [4.69, 9.17) is 4.74 Å². The van der Waals surface area contributed by atoms with Crippen molar-refractivity contribution in [1.82, 2.24) is 15.8 Å². The van der Waals surface area contributed by atoms with Gasteiger partial charge in [0.05, 0.1) is 19.1 Å². The van der Waals surface area contributed by atoms with Crippen molar-refractivity contribution in [2.45, 2.75) is 17.2 Å². The number of aromatic nitrogens is 1. The molecular weight excluding hydrogens is 352 g/mol. The summed E-state index contributed by atoms with van der Waals surface area (Å²) in [6, 6.07) is 9.67. The van der Waals surface area contributed by atoms with Gasteiger partial charge in [-0.05, 0) is 41.6 Å². The van der Waals surface area contributed by atoms with Gasteiger partial charge in [0.25, 0.3) is 11.7 Å². The summed E-state index contributed by atoms with van der Waals surface area (Å²) in [4.78, 5) is 27.7. The SMILES string of the molecule is COc1ccc(CC(=O)NNC(=O)c2cccnc2SC(F)F)cc1. The zero-order valence-corrected chi connectivity index (χ0v) is 14.0. The topological polar surface area (TPSA) is 80.3 Å². The first-order chi connectivity index (χ1) is 12.0. The Bertz CT molecular complexity index is 742. The molecule has 0 radical (unpaired) electrons. The van der Waals surface area contributed by atoms with Crippen molar-refractivity contribution >= 4 is 23.6 Å². The lowest BCUT2D eigenvalue weighted by atomic mass is 10.1. The summed E-state index contributed by atoms with van der Waals surface area (Å²) in [5.41, 5.74) is 5.12. The minimum absolute atomic E-state index is 0.0377. The summed E-state index contributed by atoms with van der Waals surface area (Å²) < 4.78 is 30.0. The molecule has 0 bridgehead atoms. The Balaban J connectivity index is 1.92. The van der Waals surface area contributed by atoms with Crippen LogP contribution >= 0.6 is 11.8 Å². The number of methoxy groups -OCH3 is 1. The average molecular weight is 367 g/mol. The van der Waals surface area contributed by atoms with Crippen molar-refractivity contribution in [1.29, 1.82) is 0 Å². The highest BCUT2D eigenvalue weighted by atomic mass is 32.2. The molecule has 0 aliphatic rings. The largest absolute Gasteiger partial charge is 0.497 e. The van der Waals surface area contributed by atoms with Crippen LogP contribution in [0.3, 0.4) is 0 Å². The summed E-state index contributed by atoms with van der Waals surface area (Å²) in [6.07, 6.45) is 1.35. The van der Waals surface area contributed by atoms with Gasteiger partial charge in [-0.1, -0.05) is 12.1 Å². The van der Waals surface area contributed by atoms with Crippen LogP contribution in [0.15, 0.2) is 47.6 Å². The molecule has 1 heterocycles. The Kier molecular flexibility index (Phi) is 6.70. The van der Waals surface area contributed by atoms with E-state index in [2.05, 4.69) is 15.8 Å². The van der Waals surface area contributed by atoms with Crippen molar-refractivity contribution in [3.63, 3.8) is 0 Å². The number of nitrogens with one attached hydrogen (secondary N) is 2. The monoisotopic (exact) mass is 367 g/mol. The van der Waals surface area contributed by atoms with Gasteiger partial charge in [0, 0.05) is 6.20 Å². The number of benzene rings is 1. The van der Waals surface area contributed by atoms with E-state index in [1.807, 2.05) is 0 Å². The number of amides is 2. The normalized spacial score (nSPS) is 10.4. The lowest BCUT2D eigenvalue weighted by molar-refractivity contribution is -0.121. The van der Waals surface area contributed by atoms with Crippen molar-refractivity contribution < 1.29 is 23.1 Å². The highest BCUT2D eigenvalue weighted by Gasteiger charge is 2.17. The third-order valence-electron chi connectivity index (χ3n) is 3.06. The van der Waals surface area contributed by atoms with Crippen LogP contribution in [0, 0.1) is 0 Å². The van der Waals surface area contributed by atoms with E-state index in [1.54, 1.807) is 24.3 Å². The van der Waals surface area contributed by atoms with Gasteiger partial charge < -0.3 is 4.74 Å². The molecule has 0 aliphatic heterocycles. The first-order valence-corrected chi connectivity index (χ1v) is 7.99. The number of alkyl halides is 2. The molecule has 2 amide bonds. The number of halogens is 2. The van der Waals surface area contributed by atoms with Gasteiger partial charge in [0.1, 0.15) is 10.8 Å². The van der Waals surface area contributed by atoms with Crippen LogP contribution in [-0.4, -0.2) is 29.7 Å². The maximum atomic E-state index is 12.5. The van der Waals surface area contributed by atoms with Crippen LogP contribution in [0.5, 0.6) is 5.75 Å². The molecule has 1 aromatic heterocycles.